The van der Waals surface area contributed by atoms with Crippen molar-refractivity contribution in [3.8, 4) is 5.75 Å². The molecule has 0 aliphatic carbocycles. The summed E-state index contributed by atoms with van der Waals surface area (Å²) in [5, 5.41) is 11.3. The van der Waals surface area contributed by atoms with Crippen molar-refractivity contribution in [3.63, 3.8) is 0 Å². The molecule has 1 amide bonds. The minimum atomic E-state index is -4.47. The first kappa shape index (κ1) is 24.0. The number of aromatic nitrogens is 4. The highest BCUT2D eigenvalue weighted by Crippen LogP contribution is 2.31. The maximum Gasteiger partial charge on any atom is 0.416 e. The Morgan fingerprint density at radius 2 is 1.83 bits per heavy atom. The maximum atomic E-state index is 13.5. The van der Waals surface area contributed by atoms with Crippen LogP contribution in [0.25, 0.3) is 0 Å². The quantitative estimate of drug-likeness (QED) is 0.364. The highest BCUT2D eigenvalue weighted by Gasteiger charge is 2.30. The smallest absolute Gasteiger partial charge is 0.416 e. The van der Waals surface area contributed by atoms with Crippen molar-refractivity contribution in [1.29, 1.82) is 0 Å². The van der Waals surface area contributed by atoms with Gasteiger partial charge in [-0.2, -0.15) is 23.4 Å². The number of amides is 1. The Bertz CT molecular complexity index is 1360. The van der Waals surface area contributed by atoms with E-state index in [1.807, 2.05) is 0 Å². The second-order valence-electron chi connectivity index (χ2n) is 7.83. The van der Waals surface area contributed by atoms with E-state index in [4.69, 9.17) is 4.74 Å². The summed E-state index contributed by atoms with van der Waals surface area (Å²) >= 11 is 0. The van der Waals surface area contributed by atoms with E-state index in [9.17, 15) is 22.4 Å². The molecule has 2 heterocycles. The zero-order valence-electron chi connectivity index (χ0n) is 18.8. The average Bonchev–Trinajstić information content (AvgIpc) is 3.38. The van der Waals surface area contributed by atoms with Gasteiger partial charge in [0.2, 0.25) is 0 Å². The molecule has 0 aliphatic rings. The molecule has 35 heavy (non-hydrogen) atoms. The monoisotopic (exact) mass is 487 g/mol. The number of anilines is 1. The zero-order valence-corrected chi connectivity index (χ0v) is 18.8. The lowest BCUT2D eigenvalue weighted by Crippen LogP contribution is -2.15. The molecular weight excluding hydrogens is 466 g/mol. The fraction of sp³-hybridized carbons (Fsp3) is 0.208. The number of alkyl halides is 3. The van der Waals surface area contributed by atoms with Gasteiger partial charge in [0.05, 0.1) is 29.2 Å². The summed E-state index contributed by atoms with van der Waals surface area (Å²) in [7, 11) is 0. The third kappa shape index (κ3) is 5.68. The SMILES string of the molecule is Cc1nn(Cc2cccc(F)c2)c(C)c1NC(=O)c1ccn(COc2cccc(C(F)(F)F)c2)n1. The summed E-state index contributed by atoms with van der Waals surface area (Å²) in [6.45, 7) is 3.68. The predicted octanol–water partition coefficient (Wildman–Crippen LogP) is 5.19. The van der Waals surface area contributed by atoms with E-state index in [2.05, 4.69) is 15.5 Å². The van der Waals surface area contributed by atoms with E-state index in [-0.39, 0.29) is 24.0 Å². The molecule has 2 aromatic carbocycles. The van der Waals surface area contributed by atoms with Gasteiger partial charge in [-0.15, -0.1) is 0 Å². The summed E-state index contributed by atoms with van der Waals surface area (Å²) < 4.78 is 60.4. The third-order valence-electron chi connectivity index (χ3n) is 5.24. The van der Waals surface area contributed by atoms with E-state index >= 15 is 0 Å². The Morgan fingerprint density at radius 1 is 1.06 bits per heavy atom. The molecule has 4 aromatic rings. The molecule has 11 heteroatoms. The van der Waals surface area contributed by atoms with Crippen molar-refractivity contribution >= 4 is 11.6 Å². The van der Waals surface area contributed by atoms with E-state index in [1.54, 1.807) is 30.7 Å². The molecule has 7 nitrogen and oxygen atoms in total. The van der Waals surface area contributed by atoms with Crippen LogP contribution in [0.2, 0.25) is 0 Å². The second-order valence-corrected chi connectivity index (χ2v) is 7.83. The summed E-state index contributed by atoms with van der Waals surface area (Å²) in [5.41, 5.74) is 1.79. The molecule has 0 fully saturated rings. The van der Waals surface area contributed by atoms with Gasteiger partial charge in [-0.1, -0.05) is 18.2 Å². The molecule has 0 atom stereocenters. The normalized spacial score (nSPS) is 11.5. The lowest BCUT2D eigenvalue weighted by Gasteiger charge is -2.10. The minimum absolute atomic E-state index is 0.0262. The fourth-order valence-electron chi connectivity index (χ4n) is 3.48. The topological polar surface area (TPSA) is 74.0 Å². The van der Waals surface area contributed by atoms with E-state index < -0.39 is 17.6 Å². The van der Waals surface area contributed by atoms with Crippen LogP contribution in [-0.4, -0.2) is 25.5 Å². The zero-order chi connectivity index (χ0) is 25.2. The molecular formula is C24H21F4N5O2. The van der Waals surface area contributed by atoms with Crippen molar-refractivity contribution in [2.75, 3.05) is 5.32 Å². The van der Waals surface area contributed by atoms with Gasteiger partial charge < -0.3 is 10.1 Å². The number of carbonyl (C=O) groups excluding carboxylic acids is 1. The highest BCUT2D eigenvalue weighted by atomic mass is 19.4. The number of ether oxygens (including phenoxy) is 1. The summed E-state index contributed by atoms with van der Waals surface area (Å²) in [4.78, 5) is 12.7. The first-order valence-corrected chi connectivity index (χ1v) is 10.5. The van der Waals surface area contributed by atoms with E-state index in [1.165, 1.54) is 41.2 Å². The van der Waals surface area contributed by atoms with Crippen LogP contribution in [0.1, 0.15) is 33.0 Å². The van der Waals surface area contributed by atoms with Crippen molar-refractivity contribution in [1.82, 2.24) is 19.6 Å². The van der Waals surface area contributed by atoms with Gasteiger partial charge in [-0.05, 0) is 55.8 Å². The van der Waals surface area contributed by atoms with Gasteiger partial charge in [0, 0.05) is 6.20 Å². The van der Waals surface area contributed by atoms with Crippen LogP contribution in [0.4, 0.5) is 23.2 Å². The maximum absolute atomic E-state index is 13.5. The average molecular weight is 487 g/mol. The Labute approximate surface area is 197 Å². The van der Waals surface area contributed by atoms with Crippen LogP contribution in [0, 0.1) is 19.7 Å². The lowest BCUT2D eigenvalue weighted by molar-refractivity contribution is -0.137. The molecule has 0 radical (unpaired) electrons. The number of hydrogen-bond donors (Lipinski definition) is 1. The molecule has 0 bridgehead atoms. The fourth-order valence-corrected chi connectivity index (χ4v) is 3.48. The summed E-state index contributed by atoms with van der Waals surface area (Å²) in [6, 6.07) is 12.1. The third-order valence-corrected chi connectivity index (χ3v) is 5.24. The predicted molar refractivity (Wildman–Crippen MR) is 119 cm³/mol. The largest absolute Gasteiger partial charge is 0.471 e. The summed E-state index contributed by atoms with van der Waals surface area (Å²) in [5.74, 6) is -0.803. The second kappa shape index (κ2) is 9.61. The number of aryl methyl sites for hydroxylation is 1. The number of nitrogens with one attached hydrogen (secondary N) is 1. The number of rotatable bonds is 7. The lowest BCUT2D eigenvalue weighted by atomic mass is 10.2. The number of carbonyl (C=O) groups is 1. The molecule has 182 valence electrons. The first-order valence-electron chi connectivity index (χ1n) is 10.5. The van der Waals surface area contributed by atoms with Crippen LogP contribution >= 0.6 is 0 Å². The molecule has 0 saturated carbocycles. The van der Waals surface area contributed by atoms with Gasteiger partial charge in [-0.25, -0.2) is 9.07 Å². The van der Waals surface area contributed by atoms with Crippen LogP contribution in [-0.2, 0) is 19.5 Å². The molecule has 0 aliphatic heterocycles. The molecule has 1 N–H and O–H groups in total. The van der Waals surface area contributed by atoms with Crippen LogP contribution < -0.4 is 10.1 Å². The van der Waals surface area contributed by atoms with Crippen molar-refractivity contribution < 1.29 is 27.1 Å². The Morgan fingerprint density at radius 3 is 2.57 bits per heavy atom. The molecule has 0 unspecified atom stereocenters. The Kier molecular flexibility index (Phi) is 6.59. The number of halogens is 4. The van der Waals surface area contributed by atoms with E-state index in [0.29, 0.717) is 23.6 Å². The van der Waals surface area contributed by atoms with Gasteiger partial charge >= 0.3 is 6.18 Å². The first-order chi connectivity index (χ1) is 16.6. The van der Waals surface area contributed by atoms with Crippen molar-refractivity contribution in [3.05, 3.63) is 94.8 Å². The minimum Gasteiger partial charge on any atom is -0.471 e. The van der Waals surface area contributed by atoms with Crippen molar-refractivity contribution in [2.24, 2.45) is 0 Å². The Hall–Kier alpha value is -4.15. The van der Waals surface area contributed by atoms with Crippen molar-refractivity contribution in [2.45, 2.75) is 33.3 Å². The number of hydrogen-bond acceptors (Lipinski definition) is 4. The standard InChI is InChI=1S/C24H21F4N5O2/c1-15-22(16(2)33(30-15)13-17-5-3-7-19(25)11-17)29-23(34)21-9-10-32(31-21)14-35-20-8-4-6-18(12-20)24(26,27)28/h3-12H,13-14H2,1-2H3,(H,29,34). The molecule has 0 spiro atoms. The molecule has 0 saturated heterocycles. The Balaban J connectivity index is 1.41. The van der Waals surface area contributed by atoms with Gasteiger partial charge in [0.15, 0.2) is 12.4 Å². The highest BCUT2D eigenvalue weighted by molar-refractivity contribution is 6.03. The van der Waals surface area contributed by atoms with Gasteiger partial charge in [-0.3, -0.25) is 9.48 Å². The van der Waals surface area contributed by atoms with Crippen LogP contribution in [0.15, 0.2) is 60.8 Å². The van der Waals surface area contributed by atoms with Gasteiger partial charge in [0.1, 0.15) is 11.6 Å². The van der Waals surface area contributed by atoms with Gasteiger partial charge in [0.25, 0.3) is 5.91 Å². The molecule has 4 rings (SSSR count). The molecule has 2 aromatic heterocycles. The van der Waals surface area contributed by atoms with E-state index in [0.717, 1.165) is 17.7 Å². The van der Waals surface area contributed by atoms with Crippen LogP contribution in [0.5, 0.6) is 5.75 Å². The number of nitrogens with zero attached hydrogens (tertiary/aromatic N) is 4. The van der Waals surface area contributed by atoms with Crippen LogP contribution in [0.3, 0.4) is 0 Å². The number of benzene rings is 2. The summed E-state index contributed by atoms with van der Waals surface area (Å²) in [6.07, 6.45) is -2.99.